The fourth-order valence-corrected chi connectivity index (χ4v) is 7.18. The predicted octanol–water partition coefficient (Wildman–Crippen LogP) is 2.64. The summed E-state index contributed by atoms with van der Waals surface area (Å²) in [5.74, 6) is 0.0289. The van der Waals surface area contributed by atoms with Crippen molar-refractivity contribution in [2.75, 3.05) is 37.7 Å². The number of ether oxygens (including phenoxy) is 1. The quantitative estimate of drug-likeness (QED) is 0.553. The van der Waals surface area contributed by atoms with Crippen LogP contribution in [-0.4, -0.2) is 62.3 Å². The molecule has 1 atom stereocenters. The minimum absolute atomic E-state index is 0.0256. The van der Waals surface area contributed by atoms with E-state index in [-0.39, 0.29) is 22.9 Å². The number of hydrogen-bond donors (Lipinski definition) is 1. The van der Waals surface area contributed by atoms with Crippen molar-refractivity contribution in [3.8, 4) is 0 Å². The van der Waals surface area contributed by atoms with E-state index in [9.17, 15) is 18.0 Å². The van der Waals surface area contributed by atoms with E-state index in [0.717, 1.165) is 28.4 Å². The van der Waals surface area contributed by atoms with Gasteiger partial charge in [-0.1, -0.05) is 30.3 Å². The van der Waals surface area contributed by atoms with E-state index in [1.165, 1.54) is 10.4 Å². The molecule has 168 valence electrons. The highest BCUT2D eigenvalue weighted by molar-refractivity contribution is 7.99. The summed E-state index contributed by atoms with van der Waals surface area (Å²) in [6.07, 6.45) is 0.418. The zero-order valence-electron chi connectivity index (χ0n) is 17.3. The van der Waals surface area contributed by atoms with Gasteiger partial charge in [0, 0.05) is 31.1 Å². The monoisotopic (exact) mass is 482 g/mol. The molecule has 0 aliphatic carbocycles. The Kier molecular flexibility index (Phi) is 8.53. The van der Waals surface area contributed by atoms with E-state index in [2.05, 4.69) is 5.32 Å². The lowest BCUT2D eigenvalue weighted by Crippen LogP contribution is -2.39. The number of hydrogen-bond acceptors (Lipinski definition) is 7. The lowest BCUT2D eigenvalue weighted by molar-refractivity contribution is -0.147. The Bertz CT molecular complexity index is 985. The van der Waals surface area contributed by atoms with Gasteiger partial charge in [-0.05, 0) is 30.4 Å². The normalized spacial score (nSPS) is 15.9. The van der Waals surface area contributed by atoms with Crippen molar-refractivity contribution >= 4 is 45.0 Å². The first kappa shape index (κ1) is 23.8. The number of benzene rings is 1. The zero-order valence-corrected chi connectivity index (χ0v) is 19.7. The molecule has 1 aliphatic rings. The Hall–Kier alpha value is -1.88. The summed E-state index contributed by atoms with van der Waals surface area (Å²) in [6, 6.07) is 11.0. The molecular weight excluding hydrogens is 456 g/mol. The molecule has 0 spiro atoms. The third-order valence-electron chi connectivity index (χ3n) is 4.88. The topological polar surface area (TPSA) is 92.8 Å². The summed E-state index contributed by atoms with van der Waals surface area (Å²) in [5.41, 5.74) is 0.956. The Morgan fingerprint density at radius 3 is 2.55 bits per heavy atom. The SMILES string of the molecule is CCOC(=O)C(CNC(=O)c1sccc1S(=O)(=O)N1CCSCC1)Cc1ccccc1. The van der Waals surface area contributed by atoms with Crippen molar-refractivity contribution in [3.05, 3.63) is 52.2 Å². The van der Waals surface area contributed by atoms with Crippen molar-refractivity contribution in [2.24, 2.45) is 5.92 Å². The number of nitrogens with zero attached hydrogens (tertiary/aromatic N) is 1. The smallest absolute Gasteiger partial charge is 0.311 e. The van der Waals surface area contributed by atoms with Gasteiger partial charge in [0.05, 0.1) is 12.5 Å². The molecular formula is C21H26N2O5S3. The number of thiophene rings is 1. The second-order valence-corrected chi connectivity index (χ2v) is 11.0. The van der Waals surface area contributed by atoms with Crippen LogP contribution in [0.4, 0.5) is 0 Å². The molecule has 1 unspecified atom stereocenters. The lowest BCUT2D eigenvalue weighted by atomic mass is 9.99. The number of rotatable bonds is 9. The third-order valence-corrected chi connectivity index (χ3v) is 8.80. The minimum atomic E-state index is -3.73. The number of carbonyl (C=O) groups excluding carboxylic acids is 2. The number of amides is 1. The van der Waals surface area contributed by atoms with Crippen LogP contribution in [0.15, 0.2) is 46.7 Å². The standard InChI is InChI=1S/C21H26N2O5S3/c1-2-28-21(25)17(14-16-6-4-3-5-7-16)15-22-20(24)19-18(8-11-30-19)31(26,27)23-9-12-29-13-10-23/h3-8,11,17H,2,9-10,12-15H2,1H3,(H,22,24). The average Bonchev–Trinajstić information content (AvgIpc) is 3.29. The van der Waals surface area contributed by atoms with Gasteiger partial charge in [-0.25, -0.2) is 8.42 Å². The van der Waals surface area contributed by atoms with Crippen LogP contribution in [0.3, 0.4) is 0 Å². The molecule has 1 saturated heterocycles. The number of thioether (sulfide) groups is 1. The highest BCUT2D eigenvalue weighted by atomic mass is 32.2. The van der Waals surface area contributed by atoms with E-state index in [4.69, 9.17) is 4.74 Å². The molecule has 1 aromatic heterocycles. The molecule has 0 radical (unpaired) electrons. The molecule has 3 rings (SSSR count). The summed E-state index contributed by atoms with van der Waals surface area (Å²) < 4.78 is 32.6. The Morgan fingerprint density at radius 2 is 1.87 bits per heavy atom. The first-order chi connectivity index (χ1) is 14.9. The highest BCUT2D eigenvalue weighted by Gasteiger charge is 2.31. The van der Waals surface area contributed by atoms with Gasteiger partial charge >= 0.3 is 5.97 Å². The van der Waals surface area contributed by atoms with Crippen LogP contribution < -0.4 is 5.32 Å². The first-order valence-electron chi connectivity index (χ1n) is 10.1. The van der Waals surface area contributed by atoms with Gasteiger partial charge in [-0.3, -0.25) is 9.59 Å². The maximum Gasteiger partial charge on any atom is 0.311 e. The molecule has 2 aromatic rings. The van der Waals surface area contributed by atoms with Crippen LogP contribution in [0, 0.1) is 5.92 Å². The molecule has 0 bridgehead atoms. The predicted molar refractivity (Wildman–Crippen MR) is 123 cm³/mol. The van der Waals surface area contributed by atoms with Gasteiger partial charge in [0.1, 0.15) is 9.77 Å². The van der Waals surface area contributed by atoms with Gasteiger partial charge in [-0.2, -0.15) is 16.1 Å². The van der Waals surface area contributed by atoms with Crippen LogP contribution >= 0.6 is 23.1 Å². The third kappa shape index (κ3) is 6.09. The van der Waals surface area contributed by atoms with E-state index in [0.29, 0.717) is 19.5 Å². The maximum atomic E-state index is 13.0. The molecule has 1 amide bonds. The van der Waals surface area contributed by atoms with E-state index >= 15 is 0 Å². The van der Waals surface area contributed by atoms with Crippen molar-refractivity contribution in [3.63, 3.8) is 0 Å². The summed E-state index contributed by atoms with van der Waals surface area (Å²) in [4.78, 5) is 25.4. The molecule has 0 saturated carbocycles. The van der Waals surface area contributed by atoms with Gasteiger partial charge in [-0.15, -0.1) is 11.3 Å². The second kappa shape index (κ2) is 11.1. The zero-order chi connectivity index (χ0) is 22.3. The number of sulfonamides is 1. The Morgan fingerprint density at radius 1 is 1.16 bits per heavy atom. The molecule has 1 N–H and O–H groups in total. The van der Waals surface area contributed by atoms with Gasteiger partial charge in [0.25, 0.3) is 5.91 Å². The first-order valence-corrected chi connectivity index (χ1v) is 13.5. The summed E-state index contributed by atoms with van der Waals surface area (Å²) in [7, 11) is -3.73. The minimum Gasteiger partial charge on any atom is -0.466 e. The molecule has 1 fully saturated rings. The van der Waals surface area contributed by atoms with Crippen LogP contribution in [0.1, 0.15) is 22.2 Å². The molecule has 1 aliphatic heterocycles. The van der Waals surface area contributed by atoms with E-state index in [1.54, 1.807) is 24.1 Å². The summed E-state index contributed by atoms with van der Waals surface area (Å²) in [6.45, 7) is 2.92. The fraction of sp³-hybridized carbons (Fsp3) is 0.429. The summed E-state index contributed by atoms with van der Waals surface area (Å²) >= 11 is 2.80. The Balaban J connectivity index is 1.71. The number of esters is 1. The number of nitrogens with one attached hydrogen (secondary N) is 1. The second-order valence-electron chi connectivity index (χ2n) is 6.98. The molecule has 7 nitrogen and oxygen atoms in total. The highest BCUT2D eigenvalue weighted by Crippen LogP contribution is 2.27. The lowest BCUT2D eigenvalue weighted by Gasteiger charge is -2.25. The Labute approximate surface area is 191 Å². The molecule has 1 aromatic carbocycles. The molecule has 10 heteroatoms. The number of carbonyl (C=O) groups is 2. The molecule has 2 heterocycles. The van der Waals surface area contributed by atoms with Crippen LogP contribution in [0.5, 0.6) is 0 Å². The van der Waals surface area contributed by atoms with Crippen molar-refractivity contribution in [2.45, 2.75) is 18.2 Å². The molecule has 31 heavy (non-hydrogen) atoms. The van der Waals surface area contributed by atoms with E-state index in [1.807, 2.05) is 30.3 Å². The van der Waals surface area contributed by atoms with Crippen molar-refractivity contribution < 1.29 is 22.7 Å². The van der Waals surface area contributed by atoms with Crippen molar-refractivity contribution in [1.82, 2.24) is 9.62 Å². The van der Waals surface area contributed by atoms with Gasteiger partial charge in [0.2, 0.25) is 10.0 Å². The van der Waals surface area contributed by atoms with Crippen LogP contribution in [0.2, 0.25) is 0 Å². The van der Waals surface area contributed by atoms with Crippen LogP contribution in [0.25, 0.3) is 0 Å². The fourth-order valence-electron chi connectivity index (χ4n) is 3.29. The maximum absolute atomic E-state index is 13.0. The van der Waals surface area contributed by atoms with Gasteiger partial charge < -0.3 is 10.1 Å². The van der Waals surface area contributed by atoms with Crippen molar-refractivity contribution in [1.29, 1.82) is 0 Å². The summed E-state index contributed by atoms with van der Waals surface area (Å²) in [5, 5.41) is 4.35. The largest absolute Gasteiger partial charge is 0.466 e. The van der Waals surface area contributed by atoms with Crippen LogP contribution in [-0.2, 0) is 26.0 Å². The van der Waals surface area contributed by atoms with Gasteiger partial charge in [0.15, 0.2) is 0 Å². The average molecular weight is 483 g/mol. The van der Waals surface area contributed by atoms with E-state index < -0.39 is 27.8 Å².